The van der Waals surface area contributed by atoms with E-state index in [1.54, 1.807) is 0 Å². The SMILES string of the molecule is CCCCCCCCCC(=O)Oc1ccc(OC(=O)Oc2ccc(C(=O)Oc3ccc(C(=O)O[C@H](CCCCCOCC)C(F)(F)F)cc3)cc2)cc1. The number of carbonyl (C=O) groups excluding carboxylic acids is 4. The Morgan fingerprint density at radius 3 is 1.58 bits per heavy atom. The molecule has 0 heterocycles. The van der Waals surface area contributed by atoms with Gasteiger partial charge in [-0.1, -0.05) is 51.9 Å². The zero-order valence-corrected chi connectivity index (χ0v) is 30.1. The molecule has 0 spiro atoms. The second-order valence-corrected chi connectivity index (χ2v) is 12.2. The third-order valence-electron chi connectivity index (χ3n) is 7.91. The van der Waals surface area contributed by atoms with E-state index < -0.39 is 30.4 Å². The Kier molecular flexibility index (Phi) is 18.4. The van der Waals surface area contributed by atoms with Crippen molar-refractivity contribution < 1.29 is 60.8 Å². The number of benzene rings is 3. The summed E-state index contributed by atoms with van der Waals surface area (Å²) in [5, 5.41) is 0. The van der Waals surface area contributed by atoms with E-state index in [0.717, 1.165) is 19.3 Å². The van der Waals surface area contributed by atoms with Crippen LogP contribution in [0.3, 0.4) is 0 Å². The van der Waals surface area contributed by atoms with Gasteiger partial charge in [-0.2, -0.15) is 13.2 Å². The molecule has 1 atom stereocenters. The minimum absolute atomic E-state index is 0.0334. The zero-order valence-electron chi connectivity index (χ0n) is 30.1. The van der Waals surface area contributed by atoms with Gasteiger partial charge in [-0.3, -0.25) is 4.79 Å². The summed E-state index contributed by atoms with van der Waals surface area (Å²) in [4.78, 5) is 49.5. The minimum Gasteiger partial charge on any atom is -0.449 e. The number of carbonyl (C=O) groups is 4. The summed E-state index contributed by atoms with van der Waals surface area (Å²) in [5.41, 5.74) is -0.0437. The summed E-state index contributed by atoms with van der Waals surface area (Å²) < 4.78 is 71.3. The fourth-order valence-electron chi connectivity index (χ4n) is 5.02. The van der Waals surface area contributed by atoms with Crippen molar-refractivity contribution in [1.82, 2.24) is 0 Å². The molecular weight excluding hydrogens is 697 g/mol. The Hall–Kier alpha value is -4.91. The first-order valence-electron chi connectivity index (χ1n) is 18.0. The number of unbranched alkanes of at least 4 members (excludes halogenated alkanes) is 8. The third kappa shape index (κ3) is 16.5. The van der Waals surface area contributed by atoms with Crippen molar-refractivity contribution in [2.24, 2.45) is 0 Å². The van der Waals surface area contributed by atoms with Gasteiger partial charge in [0.2, 0.25) is 0 Å². The highest BCUT2D eigenvalue weighted by atomic mass is 19.4. The van der Waals surface area contributed by atoms with Gasteiger partial charge in [0.25, 0.3) is 0 Å². The quantitative estimate of drug-likeness (QED) is 0.0425. The van der Waals surface area contributed by atoms with Crippen molar-refractivity contribution in [2.45, 2.75) is 103 Å². The monoisotopic (exact) mass is 744 g/mol. The van der Waals surface area contributed by atoms with Crippen LogP contribution in [0.4, 0.5) is 18.0 Å². The minimum atomic E-state index is -4.72. The lowest BCUT2D eigenvalue weighted by Gasteiger charge is -2.20. The molecule has 0 fully saturated rings. The summed E-state index contributed by atoms with van der Waals surface area (Å²) >= 11 is 0. The van der Waals surface area contributed by atoms with E-state index in [1.807, 2.05) is 6.92 Å². The van der Waals surface area contributed by atoms with E-state index in [4.69, 9.17) is 28.4 Å². The van der Waals surface area contributed by atoms with E-state index in [-0.39, 0.29) is 47.2 Å². The largest absolute Gasteiger partial charge is 0.519 e. The van der Waals surface area contributed by atoms with Crippen LogP contribution in [-0.2, 0) is 14.3 Å². The Labute approximate surface area is 307 Å². The van der Waals surface area contributed by atoms with Crippen molar-refractivity contribution in [2.75, 3.05) is 13.2 Å². The Morgan fingerprint density at radius 1 is 0.566 bits per heavy atom. The number of hydrogen-bond donors (Lipinski definition) is 0. The van der Waals surface area contributed by atoms with Crippen molar-refractivity contribution in [3.05, 3.63) is 83.9 Å². The number of esters is 3. The molecule has 0 aliphatic carbocycles. The van der Waals surface area contributed by atoms with Crippen molar-refractivity contribution in [3.8, 4) is 23.0 Å². The lowest BCUT2D eigenvalue weighted by atomic mass is 10.1. The molecule has 53 heavy (non-hydrogen) atoms. The van der Waals surface area contributed by atoms with Crippen molar-refractivity contribution in [3.63, 3.8) is 0 Å². The highest BCUT2D eigenvalue weighted by Gasteiger charge is 2.42. The Bertz CT molecular complexity index is 1560. The van der Waals surface area contributed by atoms with Crippen LogP contribution in [0.2, 0.25) is 0 Å². The van der Waals surface area contributed by atoms with Gasteiger partial charge < -0.3 is 28.4 Å². The summed E-state index contributed by atoms with van der Waals surface area (Å²) in [6, 6.07) is 16.2. The van der Waals surface area contributed by atoms with E-state index >= 15 is 0 Å². The first-order valence-corrected chi connectivity index (χ1v) is 18.0. The van der Waals surface area contributed by atoms with Crippen LogP contribution in [0.25, 0.3) is 0 Å². The average Bonchev–Trinajstić information content (AvgIpc) is 3.13. The van der Waals surface area contributed by atoms with Crippen LogP contribution in [0.1, 0.15) is 112 Å². The van der Waals surface area contributed by atoms with E-state index in [2.05, 4.69) is 6.92 Å². The predicted molar refractivity (Wildman–Crippen MR) is 189 cm³/mol. The molecule has 10 nitrogen and oxygen atoms in total. The van der Waals surface area contributed by atoms with Gasteiger partial charge in [0.05, 0.1) is 11.1 Å². The molecule has 0 saturated carbocycles. The van der Waals surface area contributed by atoms with Crippen LogP contribution < -0.4 is 18.9 Å². The van der Waals surface area contributed by atoms with Crippen LogP contribution in [-0.4, -0.2) is 49.6 Å². The molecule has 0 saturated heterocycles. The number of alkyl halides is 3. The maximum Gasteiger partial charge on any atom is 0.519 e. The van der Waals surface area contributed by atoms with Gasteiger partial charge in [-0.25, -0.2) is 14.4 Å². The lowest BCUT2D eigenvalue weighted by molar-refractivity contribution is -0.206. The average molecular weight is 745 g/mol. The van der Waals surface area contributed by atoms with Gasteiger partial charge in [-0.05, 0) is 105 Å². The standard InChI is InChI=1S/C40H47F3O10/c1-3-5-6-7-8-9-12-15-36(44)49-31-24-26-34(27-25-31)52-39(47)51-33-22-18-29(19-23-33)37(45)50-32-20-16-30(17-21-32)38(46)53-35(40(41,42)43)14-11-10-13-28-48-4-2/h16-27,35H,3-15,28H2,1-2H3/t35-/m1/s1. The Balaban J connectivity index is 1.41. The summed E-state index contributed by atoms with van der Waals surface area (Å²) in [6.07, 6.45) is 0.948. The normalized spacial score (nSPS) is 11.7. The second-order valence-electron chi connectivity index (χ2n) is 12.2. The van der Waals surface area contributed by atoms with Crippen LogP contribution in [0.15, 0.2) is 72.8 Å². The molecule has 0 amide bonds. The molecule has 3 rings (SSSR count). The van der Waals surface area contributed by atoms with Crippen LogP contribution >= 0.6 is 0 Å². The van der Waals surface area contributed by atoms with Crippen molar-refractivity contribution >= 4 is 24.1 Å². The molecule has 0 N–H and O–H groups in total. The van der Waals surface area contributed by atoms with Gasteiger partial charge in [0.1, 0.15) is 23.0 Å². The molecule has 13 heteroatoms. The summed E-state index contributed by atoms with van der Waals surface area (Å²) in [6.45, 7) is 4.99. The summed E-state index contributed by atoms with van der Waals surface area (Å²) in [7, 11) is 0. The van der Waals surface area contributed by atoms with Gasteiger partial charge in [-0.15, -0.1) is 0 Å². The predicted octanol–water partition coefficient (Wildman–Crippen LogP) is 10.2. The topological polar surface area (TPSA) is 124 Å². The molecule has 3 aromatic carbocycles. The molecule has 0 radical (unpaired) electrons. The molecular formula is C40H47F3O10. The Morgan fingerprint density at radius 2 is 1.04 bits per heavy atom. The maximum atomic E-state index is 13.5. The first kappa shape index (κ1) is 42.5. The van der Waals surface area contributed by atoms with E-state index in [1.165, 1.54) is 98.5 Å². The zero-order chi connectivity index (χ0) is 38.5. The molecule has 0 aromatic heterocycles. The number of ether oxygens (including phenoxy) is 6. The smallest absolute Gasteiger partial charge is 0.449 e. The molecule has 288 valence electrons. The van der Waals surface area contributed by atoms with Crippen LogP contribution in [0.5, 0.6) is 23.0 Å². The number of rotatable bonds is 22. The van der Waals surface area contributed by atoms with E-state index in [0.29, 0.717) is 38.2 Å². The highest BCUT2D eigenvalue weighted by Crippen LogP contribution is 2.28. The fraction of sp³-hybridized carbons (Fsp3) is 0.450. The highest BCUT2D eigenvalue weighted by molar-refractivity contribution is 5.92. The molecule has 0 bridgehead atoms. The lowest BCUT2D eigenvalue weighted by Crippen LogP contribution is -2.33. The summed E-state index contributed by atoms with van der Waals surface area (Å²) in [5.74, 6) is -1.67. The molecule has 0 unspecified atom stereocenters. The molecule has 0 aliphatic rings. The third-order valence-corrected chi connectivity index (χ3v) is 7.91. The van der Waals surface area contributed by atoms with Crippen molar-refractivity contribution in [1.29, 1.82) is 0 Å². The molecule has 3 aromatic rings. The first-order chi connectivity index (χ1) is 25.5. The van der Waals surface area contributed by atoms with E-state index in [9.17, 15) is 32.3 Å². The maximum absolute atomic E-state index is 13.5. The second kappa shape index (κ2) is 22.9. The number of hydrogen-bond acceptors (Lipinski definition) is 10. The van der Waals surface area contributed by atoms with Gasteiger partial charge in [0.15, 0.2) is 6.10 Å². The van der Waals surface area contributed by atoms with Crippen LogP contribution in [0, 0.1) is 0 Å². The van der Waals surface area contributed by atoms with Gasteiger partial charge in [0, 0.05) is 19.6 Å². The fourth-order valence-corrected chi connectivity index (χ4v) is 5.02. The van der Waals surface area contributed by atoms with Gasteiger partial charge >= 0.3 is 30.2 Å². The number of halogens is 3. The molecule has 0 aliphatic heterocycles.